The highest BCUT2D eigenvalue weighted by Crippen LogP contribution is 2.29. The molecule has 8 nitrogen and oxygen atoms in total. The zero-order valence-electron chi connectivity index (χ0n) is 17.0. The van der Waals surface area contributed by atoms with E-state index in [1.165, 1.54) is 6.20 Å². The molecule has 1 aliphatic carbocycles. The summed E-state index contributed by atoms with van der Waals surface area (Å²) in [4.78, 5) is 15.8. The smallest absolute Gasteiger partial charge is 0.211 e. The van der Waals surface area contributed by atoms with Crippen LogP contribution in [0.3, 0.4) is 0 Å². The molecular weight excluding hydrogens is 443 g/mol. The number of pyridine rings is 1. The van der Waals surface area contributed by atoms with Crippen LogP contribution in [-0.2, 0) is 10.0 Å². The fourth-order valence-corrected chi connectivity index (χ4v) is 5.50. The zero-order valence-corrected chi connectivity index (χ0v) is 18.6. The van der Waals surface area contributed by atoms with Gasteiger partial charge in [0.25, 0.3) is 0 Å². The Kier molecular flexibility index (Phi) is 6.40. The molecule has 0 saturated heterocycles. The second-order valence-corrected chi connectivity index (χ2v) is 10.0. The highest BCUT2D eigenvalue weighted by molar-refractivity contribution is 7.89. The summed E-state index contributed by atoms with van der Waals surface area (Å²) in [6.45, 7) is 1.82. The first-order chi connectivity index (χ1) is 14.9. The van der Waals surface area contributed by atoms with Crippen LogP contribution in [0.15, 0.2) is 24.7 Å². The van der Waals surface area contributed by atoms with Crippen molar-refractivity contribution in [2.45, 2.75) is 51.1 Å². The number of aromatic amines is 1. The minimum absolute atomic E-state index is 0.0425. The number of rotatable bonds is 7. The van der Waals surface area contributed by atoms with Crippen molar-refractivity contribution >= 4 is 38.5 Å². The highest BCUT2D eigenvalue weighted by Gasteiger charge is 2.29. The van der Waals surface area contributed by atoms with Crippen LogP contribution in [0, 0.1) is 5.82 Å². The first kappa shape index (κ1) is 21.9. The van der Waals surface area contributed by atoms with Crippen LogP contribution in [0.2, 0.25) is 5.02 Å². The summed E-state index contributed by atoms with van der Waals surface area (Å²) in [6, 6.07) is 1.16. The standard InChI is InChI=1S/C20H24ClFN6O2S/c1-2-7-31(29,30)28-17-6-4-3-5-16(17)26-20-15(22)11-25-19(27-20)14-10-24-18-13(14)8-12(21)9-23-18/h8-11,16-17,28H,2-7H2,1H3,(H,23,24)(H,25,26,27)/t16-,17+/m1/s1. The van der Waals surface area contributed by atoms with Crippen molar-refractivity contribution in [3.63, 3.8) is 0 Å². The maximum atomic E-state index is 14.6. The van der Waals surface area contributed by atoms with Gasteiger partial charge in [-0.1, -0.05) is 31.4 Å². The number of aromatic nitrogens is 4. The maximum Gasteiger partial charge on any atom is 0.211 e. The lowest BCUT2D eigenvalue weighted by Gasteiger charge is -2.33. The molecule has 166 valence electrons. The first-order valence-electron chi connectivity index (χ1n) is 10.3. The van der Waals surface area contributed by atoms with Crippen LogP contribution in [0.25, 0.3) is 22.4 Å². The fourth-order valence-electron chi connectivity index (χ4n) is 3.94. The minimum Gasteiger partial charge on any atom is -0.363 e. The van der Waals surface area contributed by atoms with Gasteiger partial charge < -0.3 is 10.3 Å². The predicted octanol–water partition coefficient (Wildman–Crippen LogP) is 3.86. The van der Waals surface area contributed by atoms with Crippen molar-refractivity contribution in [2.24, 2.45) is 0 Å². The van der Waals surface area contributed by atoms with Gasteiger partial charge in [-0.2, -0.15) is 0 Å². The van der Waals surface area contributed by atoms with Crippen LogP contribution in [-0.4, -0.2) is 46.2 Å². The van der Waals surface area contributed by atoms with Gasteiger partial charge in [0.2, 0.25) is 10.0 Å². The number of hydrogen-bond acceptors (Lipinski definition) is 6. The summed E-state index contributed by atoms with van der Waals surface area (Å²) in [5, 5.41) is 4.32. The number of nitrogens with zero attached hydrogens (tertiary/aromatic N) is 3. The molecule has 1 saturated carbocycles. The topological polar surface area (TPSA) is 113 Å². The van der Waals surface area contributed by atoms with Crippen LogP contribution in [0.1, 0.15) is 39.0 Å². The molecule has 11 heteroatoms. The third-order valence-corrected chi connectivity index (χ3v) is 7.19. The van der Waals surface area contributed by atoms with Crippen molar-refractivity contribution in [2.75, 3.05) is 11.1 Å². The molecule has 1 aliphatic rings. The van der Waals surface area contributed by atoms with Gasteiger partial charge in [-0.25, -0.2) is 32.5 Å². The predicted molar refractivity (Wildman–Crippen MR) is 119 cm³/mol. The molecule has 3 aromatic heterocycles. The Morgan fingerprint density at radius 3 is 2.77 bits per heavy atom. The third-order valence-electron chi connectivity index (χ3n) is 5.37. The number of H-pyrrole nitrogens is 1. The Labute approximate surface area is 185 Å². The molecular formula is C20H24ClFN6O2S. The molecule has 31 heavy (non-hydrogen) atoms. The third kappa shape index (κ3) is 4.97. The molecule has 0 bridgehead atoms. The summed E-state index contributed by atoms with van der Waals surface area (Å²) in [7, 11) is -3.38. The number of halogens is 2. The number of hydrogen-bond donors (Lipinski definition) is 3. The van der Waals surface area contributed by atoms with Crippen molar-refractivity contribution in [3.05, 3.63) is 35.5 Å². The van der Waals surface area contributed by atoms with Crippen molar-refractivity contribution < 1.29 is 12.8 Å². The first-order valence-corrected chi connectivity index (χ1v) is 12.3. The van der Waals surface area contributed by atoms with Gasteiger partial charge in [0.15, 0.2) is 17.5 Å². The van der Waals surface area contributed by atoms with Gasteiger partial charge in [-0.3, -0.25) is 0 Å². The lowest BCUT2D eigenvalue weighted by Crippen LogP contribution is -2.49. The average molecular weight is 467 g/mol. The van der Waals surface area contributed by atoms with Crippen LogP contribution < -0.4 is 10.0 Å². The highest BCUT2D eigenvalue weighted by atomic mass is 35.5. The van der Waals surface area contributed by atoms with Gasteiger partial charge in [0.05, 0.1) is 17.0 Å². The molecule has 0 spiro atoms. The SMILES string of the molecule is CCCS(=O)(=O)N[C@H]1CCCC[C@H]1Nc1nc(-c2c[nH]c3ncc(Cl)cc23)ncc1F. The van der Waals surface area contributed by atoms with E-state index in [0.717, 1.165) is 24.4 Å². The van der Waals surface area contributed by atoms with E-state index in [-0.39, 0.29) is 23.7 Å². The quantitative estimate of drug-likeness (QED) is 0.487. The Morgan fingerprint density at radius 1 is 1.23 bits per heavy atom. The molecule has 0 aromatic carbocycles. The molecule has 3 heterocycles. The number of anilines is 1. The Morgan fingerprint density at radius 2 is 2.00 bits per heavy atom. The molecule has 1 fully saturated rings. The lowest BCUT2D eigenvalue weighted by molar-refractivity contribution is 0.377. The summed E-state index contributed by atoms with van der Waals surface area (Å²) in [6.07, 6.45) is 8.12. The van der Waals surface area contributed by atoms with E-state index in [1.807, 2.05) is 6.92 Å². The summed E-state index contributed by atoms with van der Waals surface area (Å²) in [5.74, 6) is -0.168. The molecule has 3 N–H and O–H groups in total. The van der Waals surface area contributed by atoms with E-state index in [9.17, 15) is 12.8 Å². The molecule has 0 unspecified atom stereocenters. The number of sulfonamides is 1. The molecule has 0 aliphatic heterocycles. The molecule has 4 rings (SSSR count). The second-order valence-electron chi connectivity index (χ2n) is 7.72. The maximum absolute atomic E-state index is 14.6. The van der Waals surface area contributed by atoms with Crippen molar-refractivity contribution in [1.82, 2.24) is 24.7 Å². The van der Waals surface area contributed by atoms with Crippen molar-refractivity contribution in [3.8, 4) is 11.4 Å². The van der Waals surface area contributed by atoms with E-state index < -0.39 is 15.8 Å². The van der Waals surface area contributed by atoms with E-state index >= 15 is 0 Å². The summed E-state index contributed by atoms with van der Waals surface area (Å²) in [5.41, 5.74) is 1.27. The Balaban J connectivity index is 1.61. The number of nitrogens with one attached hydrogen (secondary N) is 3. The zero-order chi connectivity index (χ0) is 22.0. The Bertz CT molecular complexity index is 1190. The van der Waals surface area contributed by atoms with Gasteiger partial charge in [0, 0.05) is 35.4 Å². The largest absolute Gasteiger partial charge is 0.363 e. The lowest BCUT2D eigenvalue weighted by atomic mass is 9.91. The average Bonchev–Trinajstić information content (AvgIpc) is 3.14. The van der Waals surface area contributed by atoms with E-state index in [4.69, 9.17) is 11.6 Å². The minimum atomic E-state index is -3.38. The van der Waals surface area contributed by atoms with Crippen molar-refractivity contribution in [1.29, 1.82) is 0 Å². The fraction of sp³-hybridized carbons (Fsp3) is 0.450. The van der Waals surface area contributed by atoms with Gasteiger partial charge >= 0.3 is 0 Å². The van der Waals surface area contributed by atoms with Crippen LogP contribution in [0.4, 0.5) is 10.2 Å². The van der Waals surface area contributed by atoms with E-state index in [2.05, 4.69) is 30.0 Å². The van der Waals surface area contributed by atoms with E-state index in [1.54, 1.807) is 12.3 Å². The van der Waals surface area contributed by atoms with Crippen LogP contribution >= 0.6 is 11.6 Å². The number of fused-ring (bicyclic) bond motifs is 1. The molecule has 0 radical (unpaired) electrons. The van der Waals surface area contributed by atoms with Gasteiger partial charge in [0.1, 0.15) is 5.65 Å². The monoisotopic (exact) mass is 466 g/mol. The normalized spacial score (nSPS) is 19.6. The van der Waals surface area contributed by atoms with Gasteiger partial charge in [-0.15, -0.1) is 0 Å². The summed E-state index contributed by atoms with van der Waals surface area (Å²) >= 11 is 6.07. The molecule has 0 amide bonds. The molecule has 2 atom stereocenters. The molecule has 3 aromatic rings. The van der Waals surface area contributed by atoms with Gasteiger partial charge in [-0.05, 0) is 25.3 Å². The van der Waals surface area contributed by atoms with Crippen LogP contribution in [0.5, 0.6) is 0 Å². The van der Waals surface area contributed by atoms with E-state index in [0.29, 0.717) is 41.3 Å². The second kappa shape index (κ2) is 9.05. The Hall–Kier alpha value is -2.30. The summed E-state index contributed by atoms with van der Waals surface area (Å²) < 4.78 is 41.9.